The maximum Gasteiger partial charge on any atom is 0.277 e. The van der Waals surface area contributed by atoms with Gasteiger partial charge in [0.15, 0.2) is 18.1 Å². The van der Waals surface area contributed by atoms with Crippen LogP contribution in [0.1, 0.15) is 52.2 Å². The number of nitrogens with zero attached hydrogens (tertiary/aromatic N) is 1. The molecule has 0 aliphatic rings. The van der Waals surface area contributed by atoms with Gasteiger partial charge in [-0.05, 0) is 58.7 Å². The van der Waals surface area contributed by atoms with Crippen LogP contribution in [0.2, 0.25) is 0 Å². The zero-order valence-electron chi connectivity index (χ0n) is 17.7. The fourth-order valence-corrected chi connectivity index (χ4v) is 3.41. The van der Waals surface area contributed by atoms with Gasteiger partial charge in [0, 0.05) is 0 Å². The summed E-state index contributed by atoms with van der Waals surface area (Å²) in [4.78, 5) is 11.9. The molecule has 0 aliphatic carbocycles. The molecule has 29 heavy (non-hydrogen) atoms. The summed E-state index contributed by atoms with van der Waals surface area (Å²) >= 11 is 0. The maximum absolute atomic E-state index is 11.9. The molecule has 0 radical (unpaired) electrons. The van der Waals surface area contributed by atoms with E-state index < -0.39 is 5.91 Å². The van der Waals surface area contributed by atoms with E-state index in [1.54, 1.807) is 6.07 Å². The number of carbonyl (C=O) groups is 1. The minimum Gasteiger partial charge on any atom is -0.504 e. The number of rotatable bonds is 7. The van der Waals surface area contributed by atoms with E-state index in [2.05, 4.69) is 45.1 Å². The highest BCUT2D eigenvalue weighted by Crippen LogP contribution is 2.36. The van der Waals surface area contributed by atoms with Gasteiger partial charge in [0.25, 0.3) is 5.91 Å². The zero-order chi connectivity index (χ0) is 21.7. The van der Waals surface area contributed by atoms with Gasteiger partial charge >= 0.3 is 0 Å². The van der Waals surface area contributed by atoms with Gasteiger partial charge in [-0.3, -0.25) is 4.79 Å². The summed E-state index contributed by atoms with van der Waals surface area (Å²) in [6, 6.07) is 12.1. The number of phenolic OH excluding ortho intramolecular Hbond substituents is 2. The van der Waals surface area contributed by atoms with Crippen LogP contribution in [-0.2, 0) is 10.2 Å². The van der Waals surface area contributed by atoms with Crippen molar-refractivity contribution >= 4 is 12.1 Å². The van der Waals surface area contributed by atoms with Crippen LogP contribution >= 0.6 is 0 Å². The molecule has 1 amide bonds. The van der Waals surface area contributed by atoms with Crippen molar-refractivity contribution in [1.29, 1.82) is 0 Å². The third kappa shape index (κ3) is 7.14. The fourth-order valence-electron chi connectivity index (χ4n) is 3.41. The largest absolute Gasteiger partial charge is 0.504 e. The second-order valence-corrected chi connectivity index (χ2v) is 8.98. The summed E-state index contributed by atoms with van der Waals surface area (Å²) in [6.07, 6.45) is 2.42. The van der Waals surface area contributed by atoms with Crippen molar-refractivity contribution < 1.29 is 19.7 Å². The fraction of sp³-hybridized carbons (Fsp3) is 0.391. The van der Waals surface area contributed by atoms with Gasteiger partial charge < -0.3 is 14.9 Å². The van der Waals surface area contributed by atoms with E-state index in [9.17, 15) is 15.0 Å². The first-order valence-electron chi connectivity index (χ1n) is 9.53. The first-order chi connectivity index (χ1) is 13.5. The lowest BCUT2D eigenvalue weighted by Gasteiger charge is -2.33. The molecule has 6 heteroatoms. The number of amides is 1. The minimum absolute atomic E-state index is 0.0472. The number of nitrogens with one attached hydrogen (secondary N) is 1. The SMILES string of the molecule is CC(C)(C)CC(C)(C)c1ccc(OCC(=O)N/N=C\c2ccc(O)c(O)c2)cc1. The van der Waals surface area contributed by atoms with Crippen LogP contribution < -0.4 is 10.2 Å². The Morgan fingerprint density at radius 1 is 1.03 bits per heavy atom. The average Bonchev–Trinajstić information content (AvgIpc) is 2.61. The predicted molar refractivity (Wildman–Crippen MR) is 115 cm³/mol. The molecule has 3 N–H and O–H groups in total. The van der Waals surface area contributed by atoms with Crippen molar-refractivity contribution in [3.63, 3.8) is 0 Å². The topological polar surface area (TPSA) is 91.2 Å². The highest BCUT2D eigenvalue weighted by molar-refractivity contribution is 5.83. The molecule has 0 saturated heterocycles. The smallest absolute Gasteiger partial charge is 0.277 e. The summed E-state index contributed by atoms with van der Waals surface area (Å²) in [6.45, 7) is 11.0. The molecule has 2 aromatic rings. The van der Waals surface area contributed by atoms with Crippen LogP contribution in [0.3, 0.4) is 0 Å². The van der Waals surface area contributed by atoms with Crippen LogP contribution in [0, 0.1) is 5.41 Å². The van der Waals surface area contributed by atoms with Crippen LogP contribution in [0.15, 0.2) is 47.6 Å². The minimum atomic E-state index is -0.401. The van der Waals surface area contributed by atoms with Gasteiger partial charge in [0.2, 0.25) is 0 Å². The van der Waals surface area contributed by atoms with Crippen LogP contribution in [0.4, 0.5) is 0 Å². The number of hydrogen-bond donors (Lipinski definition) is 3. The van der Waals surface area contributed by atoms with E-state index in [0.29, 0.717) is 11.3 Å². The van der Waals surface area contributed by atoms with E-state index in [0.717, 1.165) is 6.42 Å². The van der Waals surface area contributed by atoms with Gasteiger partial charge in [-0.2, -0.15) is 5.10 Å². The lowest BCUT2D eigenvalue weighted by molar-refractivity contribution is -0.123. The molecule has 0 bridgehead atoms. The zero-order valence-corrected chi connectivity index (χ0v) is 17.7. The van der Waals surface area contributed by atoms with E-state index in [1.807, 2.05) is 24.3 Å². The molecule has 0 spiro atoms. The van der Waals surface area contributed by atoms with Crippen molar-refractivity contribution in [2.24, 2.45) is 10.5 Å². The van der Waals surface area contributed by atoms with E-state index in [1.165, 1.54) is 23.9 Å². The molecule has 0 unspecified atom stereocenters. The Bertz CT molecular complexity index is 865. The summed E-state index contributed by atoms with van der Waals surface area (Å²) in [5.74, 6) is -0.255. The third-order valence-electron chi connectivity index (χ3n) is 4.38. The maximum atomic E-state index is 11.9. The third-order valence-corrected chi connectivity index (χ3v) is 4.38. The molecule has 0 saturated carbocycles. The second kappa shape index (κ2) is 8.99. The van der Waals surface area contributed by atoms with E-state index in [-0.39, 0.29) is 28.9 Å². The molecule has 0 atom stereocenters. The van der Waals surface area contributed by atoms with Gasteiger partial charge in [-0.25, -0.2) is 5.43 Å². The Morgan fingerprint density at radius 3 is 2.28 bits per heavy atom. The number of benzene rings is 2. The van der Waals surface area contributed by atoms with Gasteiger partial charge in [0.05, 0.1) is 6.21 Å². The van der Waals surface area contributed by atoms with Crippen LogP contribution in [-0.4, -0.2) is 28.9 Å². The number of phenols is 2. The van der Waals surface area contributed by atoms with Gasteiger partial charge in [0.1, 0.15) is 5.75 Å². The molecular formula is C23H30N2O4. The number of carbonyl (C=O) groups excluding carboxylic acids is 1. The second-order valence-electron chi connectivity index (χ2n) is 8.98. The summed E-state index contributed by atoms with van der Waals surface area (Å²) in [5.41, 5.74) is 4.40. The molecular weight excluding hydrogens is 368 g/mol. The van der Waals surface area contributed by atoms with Crippen molar-refractivity contribution in [2.75, 3.05) is 6.61 Å². The quantitative estimate of drug-likeness (QED) is 0.368. The molecule has 2 aromatic carbocycles. The van der Waals surface area contributed by atoms with Crippen molar-refractivity contribution in [3.8, 4) is 17.2 Å². The predicted octanol–water partition coefficient (Wildman–Crippen LogP) is 4.34. The van der Waals surface area contributed by atoms with Crippen molar-refractivity contribution in [1.82, 2.24) is 5.43 Å². The summed E-state index contributed by atoms with van der Waals surface area (Å²) in [5, 5.41) is 22.5. The Hall–Kier alpha value is -3.02. The first-order valence-corrected chi connectivity index (χ1v) is 9.53. The van der Waals surface area contributed by atoms with Gasteiger partial charge in [-0.15, -0.1) is 0 Å². The molecule has 2 rings (SSSR count). The van der Waals surface area contributed by atoms with Crippen LogP contribution in [0.5, 0.6) is 17.2 Å². The normalized spacial score (nSPS) is 12.2. The number of ether oxygens (including phenoxy) is 1. The Balaban J connectivity index is 1.85. The number of hydrazone groups is 1. The lowest BCUT2D eigenvalue weighted by atomic mass is 9.72. The molecule has 0 heterocycles. The molecule has 0 aromatic heterocycles. The standard InChI is InChI=1S/C23H30N2O4/c1-22(2,3)15-23(4,5)17-7-9-18(10-8-17)29-14-21(28)25-24-13-16-6-11-19(26)20(27)12-16/h6-13,26-27H,14-15H2,1-5H3,(H,25,28)/b24-13-. The Kier molecular flexibility index (Phi) is 6.90. The monoisotopic (exact) mass is 398 g/mol. The molecule has 0 aliphatic heterocycles. The van der Waals surface area contributed by atoms with E-state index >= 15 is 0 Å². The lowest BCUT2D eigenvalue weighted by Crippen LogP contribution is -2.25. The molecule has 6 nitrogen and oxygen atoms in total. The molecule has 0 fully saturated rings. The molecule has 156 valence electrons. The van der Waals surface area contributed by atoms with Crippen LogP contribution in [0.25, 0.3) is 0 Å². The highest BCUT2D eigenvalue weighted by atomic mass is 16.5. The Morgan fingerprint density at radius 2 is 1.69 bits per heavy atom. The van der Waals surface area contributed by atoms with Gasteiger partial charge in [-0.1, -0.05) is 46.8 Å². The highest BCUT2D eigenvalue weighted by Gasteiger charge is 2.27. The summed E-state index contributed by atoms with van der Waals surface area (Å²) < 4.78 is 5.51. The average molecular weight is 399 g/mol. The van der Waals surface area contributed by atoms with Crippen molar-refractivity contribution in [3.05, 3.63) is 53.6 Å². The number of aromatic hydroxyl groups is 2. The summed E-state index contributed by atoms with van der Waals surface area (Å²) in [7, 11) is 0. The first kappa shape index (κ1) is 22.3. The van der Waals surface area contributed by atoms with E-state index in [4.69, 9.17) is 4.74 Å². The number of hydrogen-bond acceptors (Lipinski definition) is 5. The van der Waals surface area contributed by atoms with Crippen molar-refractivity contribution in [2.45, 2.75) is 46.5 Å². The Labute approximate surface area is 172 Å².